The van der Waals surface area contributed by atoms with Crippen LogP contribution < -0.4 is 4.74 Å². The maximum Gasteiger partial charge on any atom is 0.183 e. The smallest absolute Gasteiger partial charge is 0.183 e. The quantitative estimate of drug-likeness (QED) is 0.784. The van der Waals surface area contributed by atoms with Gasteiger partial charge in [-0.15, -0.1) is 0 Å². The summed E-state index contributed by atoms with van der Waals surface area (Å²) in [5.74, 6) is 1.04. The van der Waals surface area contributed by atoms with Crippen LogP contribution in [0.15, 0.2) is 18.2 Å². The molecule has 2 rings (SSSR count). The first-order chi connectivity index (χ1) is 7.99. The molecule has 0 fully saturated rings. The van der Waals surface area contributed by atoms with Gasteiger partial charge >= 0.3 is 0 Å². The molecule has 0 saturated carbocycles. The Morgan fingerprint density at radius 3 is 2.65 bits per heavy atom. The van der Waals surface area contributed by atoms with Crippen molar-refractivity contribution in [3.05, 3.63) is 29.3 Å². The van der Waals surface area contributed by atoms with Gasteiger partial charge in [0.05, 0.1) is 12.6 Å². The lowest BCUT2D eigenvalue weighted by atomic mass is 9.77. The number of fused-ring (bicyclic) bond motifs is 1. The average molecular weight is 233 g/mol. The van der Waals surface area contributed by atoms with Gasteiger partial charge in [0.1, 0.15) is 5.75 Å². The lowest BCUT2D eigenvalue weighted by Gasteiger charge is -2.38. The summed E-state index contributed by atoms with van der Waals surface area (Å²) < 4.78 is 5.19. The molecule has 0 radical (unpaired) electrons. The summed E-state index contributed by atoms with van der Waals surface area (Å²) in [6, 6.07) is 5.72. The maximum atomic E-state index is 12.5. The number of ether oxygens (including phenoxy) is 1. The molecule has 0 aromatic heterocycles. The number of Topliss-reactive ketones (excluding diaryl/α,β-unsaturated/α-hetero) is 1. The third-order valence-corrected chi connectivity index (χ3v) is 3.91. The van der Waals surface area contributed by atoms with Crippen LogP contribution >= 0.6 is 0 Å². The fraction of sp³-hybridized carbons (Fsp3) is 0.500. The zero-order valence-corrected chi connectivity index (χ0v) is 10.9. The first-order valence-electron chi connectivity index (χ1n) is 5.88. The molecule has 1 unspecified atom stereocenters. The van der Waals surface area contributed by atoms with E-state index in [0.717, 1.165) is 29.7 Å². The topological polar surface area (TPSA) is 29.5 Å². The van der Waals surface area contributed by atoms with E-state index in [0.29, 0.717) is 0 Å². The van der Waals surface area contributed by atoms with E-state index < -0.39 is 0 Å². The van der Waals surface area contributed by atoms with Gasteiger partial charge in [0, 0.05) is 5.56 Å². The highest BCUT2D eigenvalue weighted by atomic mass is 16.5. The number of carbonyl (C=O) groups is 1. The number of methoxy groups -OCH3 is 1. The Hall–Kier alpha value is -1.35. The summed E-state index contributed by atoms with van der Waals surface area (Å²) in [5, 5.41) is 0. The van der Waals surface area contributed by atoms with Crippen LogP contribution in [-0.2, 0) is 6.42 Å². The van der Waals surface area contributed by atoms with Gasteiger partial charge in [-0.05, 0) is 57.6 Å². The lowest BCUT2D eigenvalue weighted by molar-refractivity contribution is 0.0679. The van der Waals surface area contributed by atoms with Gasteiger partial charge < -0.3 is 4.74 Å². The molecule has 0 heterocycles. The predicted molar refractivity (Wildman–Crippen MR) is 67.7 cm³/mol. The van der Waals surface area contributed by atoms with Crippen LogP contribution in [0.1, 0.15) is 29.3 Å². The summed E-state index contributed by atoms with van der Waals surface area (Å²) in [7, 11) is 5.58. The number of carbonyl (C=O) groups excluding carboxylic acids is 1. The van der Waals surface area contributed by atoms with Crippen LogP contribution in [0.5, 0.6) is 5.75 Å². The average Bonchev–Trinajstić information content (AvgIpc) is 2.33. The molecule has 17 heavy (non-hydrogen) atoms. The minimum atomic E-state index is -0.373. The molecule has 0 amide bonds. The van der Waals surface area contributed by atoms with Crippen LogP contribution in [0.2, 0.25) is 0 Å². The van der Waals surface area contributed by atoms with Gasteiger partial charge in [0.15, 0.2) is 5.78 Å². The molecule has 0 bridgehead atoms. The van der Waals surface area contributed by atoms with E-state index in [9.17, 15) is 4.79 Å². The Morgan fingerprint density at radius 2 is 2.06 bits per heavy atom. The van der Waals surface area contributed by atoms with Crippen molar-refractivity contribution in [3.63, 3.8) is 0 Å². The molecule has 3 heteroatoms. The summed E-state index contributed by atoms with van der Waals surface area (Å²) in [6.45, 7) is 2.02. The third kappa shape index (κ3) is 1.84. The molecule has 1 atom stereocenters. The molecule has 1 aliphatic rings. The standard InChI is InChI=1S/C14H19NO2/c1-14(15(2)3)8-7-10-9-11(17-4)5-6-12(10)13(14)16/h5-6,9H,7-8H2,1-4H3. The van der Waals surface area contributed by atoms with Gasteiger partial charge in [-0.25, -0.2) is 0 Å². The molecule has 3 nitrogen and oxygen atoms in total. The number of likely N-dealkylation sites (N-methyl/N-ethyl adjacent to an activating group) is 1. The van der Waals surface area contributed by atoms with Gasteiger partial charge in [0.2, 0.25) is 0 Å². The first-order valence-corrected chi connectivity index (χ1v) is 5.88. The zero-order chi connectivity index (χ0) is 12.6. The summed E-state index contributed by atoms with van der Waals surface area (Å²) in [4.78, 5) is 14.5. The maximum absolute atomic E-state index is 12.5. The summed E-state index contributed by atoms with van der Waals surface area (Å²) in [6.07, 6.45) is 1.78. The minimum absolute atomic E-state index is 0.214. The van der Waals surface area contributed by atoms with Crippen molar-refractivity contribution < 1.29 is 9.53 Å². The van der Waals surface area contributed by atoms with Crippen LogP contribution in [0, 0.1) is 0 Å². The molecule has 92 valence electrons. The number of rotatable bonds is 2. The van der Waals surface area contributed by atoms with Crippen molar-refractivity contribution in [1.29, 1.82) is 0 Å². The van der Waals surface area contributed by atoms with E-state index in [1.165, 1.54) is 0 Å². The Labute approximate surface area is 102 Å². The van der Waals surface area contributed by atoms with Gasteiger partial charge in [0.25, 0.3) is 0 Å². The van der Waals surface area contributed by atoms with Crippen molar-refractivity contribution in [2.75, 3.05) is 21.2 Å². The molecule has 0 aliphatic heterocycles. The van der Waals surface area contributed by atoms with Crippen molar-refractivity contribution in [2.24, 2.45) is 0 Å². The molecule has 1 aromatic carbocycles. The van der Waals surface area contributed by atoms with Gasteiger partial charge in [-0.2, -0.15) is 0 Å². The molecule has 0 N–H and O–H groups in total. The monoisotopic (exact) mass is 233 g/mol. The third-order valence-electron chi connectivity index (χ3n) is 3.91. The predicted octanol–water partition coefficient (Wildman–Crippen LogP) is 2.14. The number of hydrogen-bond donors (Lipinski definition) is 0. The lowest BCUT2D eigenvalue weighted by Crippen LogP contribution is -2.51. The summed E-state index contributed by atoms with van der Waals surface area (Å²) >= 11 is 0. The first kappa shape index (κ1) is 12.1. The second kappa shape index (κ2) is 4.15. The highest BCUT2D eigenvalue weighted by Gasteiger charge is 2.40. The number of ketones is 1. The highest BCUT2D eigenvalue weighted by molar-refractivity contribution is 6.05. The van der Waals surface area contributed by atoms with E-state index in [4.69, 9.17) is 4.74 Å². The minimum Gasteiger partial charge on any atom is -0.497 e. The largest absolute Gasteiger partial charge is 0.497 e. The SMILES string of the molecule is COc1ccc2c(c1)CCC(C)(N(C)C)C2=O. The number of benzene rings is 1. The zero-order valence-electron chi connectivity index (χ0n) is 10.9. The van der Waals surface area contributed by atoms with Crippen LogP contribution in [-0.4, -0.2) is 37.4 Å². The molecule has 1 aliphatic carbocycles. The van der Waals surface area contributed by atoms with Gasteiger partial charge in [-0.3, -0.25) is 9.69 Å². The van der Waals surface area contributed by atoms with Crippen molar-refractivity contribution in [1.82, 2.24) is 4.90 Å². The fourth-order valence-corrected chi connectivity index (χ4v) is 2.33. The summed E-state index contributed by atoms with van der Waals surface area (Å²) in [5.41, 5.74) is 1.57. The van der Waals surface area contributed by atoms with Crippen molar-refractivity contribution in [2.45, 2.75) is 25.3 Å². The Bertz CT molecular complexity index is 454. The van der Waals surface area contributed by atoms with Crippen LogP contribution in [0.3, 0.4) is 0 Å². The van der Waals surface area contributed by atoms with Crippen LogP contribution in [0.25, 0.3) is 0 Å². The molecular weight excluding hydrogens is 214 g/mol. The Balaban J connectivity index is 2.44. The number of hydrogen-bond acceptors (Lipinski definition) is 3. The molecule has 0 spiro atoms. The second-order valence-corrected chi connectivity index (χ2v) is 5.02. The highest BCUT2D eigenvalue weighted by Crippen LogP contribution is 2.33. The number of aryl methyl sites for hydroxylation is 1. The van der Waals surface area contributed by atoms with E-state index in [1.807, 2.05) is 44.1 Å². The van der Waals surface area contributed by atoms with E-state index in [1.54, 1.807) is 7.11 Å². The van der Waals surface area contributed by atoms with E-state index in [-0.39, 0.29) is 11.3 Å². The van der Waals surface area contributed by atoms with Crippen molar-refractivity contribution >= 4 is 5.78 Å². The van der Waals surface area contributed by atoms with E-state index in [2.05, 4.69) is 0 Å². The van der Waals surface area contributed by atoms with Gasteiger partial charge in [-0.1, -0.05) is 0 Å². The van der Waals surface area contributed by atoms with Crippen molar-refractivity contribution in [3.8, 4) is 5.75 Å². The Kier molecular flexibility index (Phi) is 2.96. The Morgan fingerprint density at radius 1 is 1.35 bits per heavy atom. The van der Waals surface area contributed by atoms with Crippen LogP contribution in [0.4, 0.5) is 0 Å². The number of nitrogens with zero attached hydrogens (tertiary/aromatic N) is 1. The normalized spacial score (nSPS) is 23.7. The molecule has 1 aromatic rings. The van der Waals surface area contributed by atoms with E-state index >= 15 is 0 Å². The fourth-order valence-electron chi connectivity index (χ4n) is 2.33. The molecule has 0 saturated heterocycles. The molecular formula is C14H19NO2. The second-order valence-electron chi connectivity index (χ2n) is 5.02.